The highest BCUT2D eigenvalue weighted by molar-refractivity contribution is 5.91. The predicted molar refractivity (Wildman–Crippen MR) is 181 cm³/mol. The molecule has 4 aromatic carbocycles. The Balaban J connectivity index is 1.40. The van der Waals surface area contributed by atoms with Crippen LogP contribution in [-0.4, -0.2) is 59.8 Å². The number of nitrogens with zero attached hydrogens (tertiary/aromatic N) is 2. The minimum Gasteiger partial charge on any atom is -0.507 e. The van der Waals surface area contributed by atoms with Gasteiger partial charge >= 0.3 is 0 Å². The van der Waals surface area contributed by atoms with Gasteiger partial charge in [-0.05, 0) is 55.6 Å². The number of amides is 1. The number of piperazine rings is 1. The van der Waals surface area contributed by atoms with Crippen molar-refractivity contribution in [2.75, 3.05) is 27.9 Å². The lowest BCUT2D eigenvalue weighted by atomic mass is 9.78. The Kier molecular flexibility index (Phi) is 8.27. The average molecular weight is 649 g/mol. The van der Waals surface area contributed by atoms with E-state index in [0.29, 0.717) is 53.5 Å². The number of aryl methyl sites for hydroxylation is 1. The molecule has 7 rings (SSSR count). The average Bonchev–Trinajstić information content (AvgIpc) is 3.09. The highest BCUT2D eigenvalue weighted by atomic mass is 16.5. The van der Waals surface area contributed by atoms with Crippen molar-refractivity contribution in [3.63, 3.8) is 0 Å². The minimum absolute atomic E-state index is 0.0184. The van der Waals surface area contributed by atoms with Crippen molar-refractivity contribution in [3.8, 4) is 28.7 Å². The number of phenols is 2. The lowest BCUT2D eigenvalue weighted by molar-refractivity contribution is -0.145. The van der Waals surface area contributed by atoms with Gasteiger partial charge in [0, 0.05) is 28.0 Å². The Hall–Kier alpha value is -4.99. The first-order valence-corrected chi connectivity index (χ1v) is 16.1. The summed E-state index contributed by atoms with van der Waals surface area (Å²) in [5.41, 5.74) is 6.75. The number of carbonyl (C=O) groups is 1. The quantitative estimate of drug-likeness (QED) is 0.202. The second-order valence-corrected chi connectivity index (χ2v) is 12.7. The maximum atomic E-state index is 14.6. The largest absolute Gasteiger partial charge is 0.507 e. The fraction of sp³-hybridized carbons (Fsp3) is 0.308. The van der Waals surface area contributed by atoms with Crippen molar-refractivity contribution in [2.24, 2.45) is 0 Å². The monoisotopic (exact) mass is 648 g/mol. The Bertz CT molecular complexity index is 1910. The molecule has 48 heavy (non-hydrogen) atoms. The summed E-state index contributed by atoms with van der Waals surface area (Å²) < 4.78 is 24.4. The number of carbonyl (C=O) groups excluding carboxylic acids is 1. The smallest absolute Gasteiger partial charge is 0.245 e. The van der Waals surface area contributed by atoms with Crippen molar-refractivity contribution in [3.05, 3.63) is 117 Å². The van der Waals surface area contributed by atoms with Gasteiger partial charge < -0.3 is 34.1 Å². The van der Waals surface area contributed by atoms with E-state index in [1.165, 1.54) is 7.11 Å². The fourth-order valence-electron chi connectivity index (χ4n) is 7.60. The van der Waals surface area contributed by atoms with Crippen LogP contribution in [0.3, 0.4) is 0 Å². The van der Waals surface area contributed by atoms with E-state index in [1.54, 1.807) is 18.9 Å². The SMILES string of the molecule is COc1c(C)c(O)c2c(c1O)[C@H](COCc1ccccc1)N1C(=O)[C@@H]3Cc4cc(C)c(OC)c(OCc5ccccc5)c4[C@H](C1=C2)N3C. The molecule has 2 bridgehead atoms. The molecule has 3 aliphatic heterocycles. The molecule has 9 heteroatoms. The predicted octanol–water partition coefficient (Wildman–Crippen LogP) is 6.36. The lowest BCUT2D eigenvalue weighted by Gasteiger charge is -2.53. The van der Waals surface area contributed by atoms with Crippen molar-refractivity contribution in [1.29, 1.82) is 0 Å². The molecular weight excluding hydrogens is 608 g/mol. The van der Waals surface area contributed by atoms with Crippen LogP contribution >= 0.6 is 0 Å². The molecule has 4 aromatic rings. The first kappa shape index (κ1) is 31.6. The van der Waals surface area contributed by atoms with Crippen molar-refractivity contribution in [1.82, 2.24) is 9.80 Å². The number of likely N-dealkylation sites (N-methyl/N-ethyl adjacent to an activating group) is 1. The number of rotatable bonds is 9. The Labute approximate surface area is 280 Å². The standard InChI is InChI=1S/C39H40N2O7/c1-22-16-26-17-29-39(44)41-28(33(40(29)3)31(26)38(36(22)45-4)48-20-25-14-10-7-11-15-25)18-27-32(35(43)37(46-5)23(2)34(27)42)30(41)21-47-19-24-12-8-6-9-13-24/h6-16,18,29-30,33,42-43H,17,19-21H2,1-5H3/t29-,30-,33-/m0/s1. The molecule has 0 radical (unpaired) electrons. The van der Waals surface area contributed by atoms with Gasteiger partial charge in [-0.1, -0.05) is 66.7 Å². The zero-order valence-corrected chi connectivity index (χ0v) is 27.8. The summed E-state index contributed by atoms with van der Waals surface area (Å²) in [6.07, 6.45) is 2.29. The molecule has 3 heterocycles. The number of benzene rings is 4. The Morgan fingerprint density at radius 1 is 0.833 bits per heavy atom. The van der Waals surface area contributed by atoms with Crippen LogP contribution in [-0.2, 0) is 29.2 Å². The first-order chi connectivity index (χ1) is 23.2. The minimum atomic E-state index is -0.738. The summed E-state index contributed by atoms with van der Waals surface area (Å²) in [7, 11) is 5.05. The van der Waals surface area contributed by atoms with E-state index in [2.05, 4.69) is 11.0 Å². The zero-order chi connectivity index (χ0) is 33.7. The Morgan fingerprint density at radius 3 is 2.12 bits per heavy atom. The van der Waals surface area contributed by atoms with Crippen molar-refractivity contribution < 1.29 is 34.0 Å². The van der Waals surface area contributed by atoms with E-state index in [4.69, 9.17) is 18.9 Å². The molecule has 0 saturated carbocycles. The lowest BCUT2D eigenvalue weighted by Crippen LogP contribution is -2.60. The van der Waals surface area contributed by atoms with Crippen LogP contribution in [0.2, 0.25) is 0 Å². The molecule has 0 aromatic heterocycles. The number of ether oxygens (including phenoxy) is 4. The molecule has 2 N–H and O–H groups in total. The van der Waals surface area contributed by atoms with Gasteiger partial charge in [-0.3, -0.25) is 9.69 Å². The molecule has 1 amide bonds. The van der Waals surface area contributed by atoms with E-state index in [-0.39, 0.29) is 29.8 Å². The number of phenolic OH excluding ortho intramolecular Hbond substituents is 2. The fourth-order valence-corrected chi connectivity index (χ4v) is 7.60. The van der Waals surface area contributed by atoms with Gasteiger partial charge in [0.05, 0.1) is 45.6 Å². The molecule has 0 spiro atoms. The molecule has 1 fully saturated rings. The van der Waals surface area contributed by atoms with Crippen LogP contribution in [0.15, 0.2) is 72.4 Å². The molecular formula is C39H40N2O7. The number of hydrogen-bond donors (Lipinski definition) is 2. The van der Waals surface area contributed by atoms with Crippen LogP contribution in [0.4, 0.5) is 0 Å². The zero-order valence-electron chi connectivity index (χ0n) is 27.8. The molecule has 0 unspecified atom stereocenters. The summed E-state index contributed by atoms with van der Waals surface area (Å²) >= 11 is 0. The molecule has 3 aliphatic rings. The summed E-state index contributed by atoms with van der Waals surface area (Å²) in [6, 6.07) is 20.2. The summed E-state index contributed by atoms with van der Waals surface area (Å²) in [5.74, 6) is 1.19. The highest BCUT2D eigenvalue weighted by Crippen LogP contribution is 2.57. The van der Waals surface area contributed by atoms with E-state index >= 15 is 0 Å². The number of methoxy groups -OCH3 is 2. The second-order valence-electron chi connectivity index (χ2n) is 12.7. The third-order valence-electron chi connectivity index (χ3n) is 9.88. The Morgan fingerprint density at radius 2 is 1.48 bits per heavy atom. The summed E-state index contributed by atoms with van der Waals surface area (Å²) in [4.78, 5) is 18.5. The van der Waals surface area contributed by atoms with Gasteiger partial charge in [0.15, 0.2) is 23.0 Å². The van der Waals surface area contributed by atoms with Gasteiger partial charge in [-0.2, -0.15) is 0 Å². The van der Waals surface area contributed by atoms with Crippen LogP contribution in [0.5, 0.6) is 28.7 Å². The van der Waals surface area contributed by atoms with Gasteiger partial charge in [0.1, 0.15) is 12.4 Å². The summed E-state index contributed by atoms with van der Waals surface area (Å²) in [5, 5.41) is 23.2. The topological polar surface area (TPSA) is 101 Å². The van der Waals surface area contributed by atoms with Gasteiger partial charge in [-0.15, -0.1) is 0 Å². The van der Waals surface area contributed by atoms with E-state index in [1.807, 2.05) is 80.7 Å². The highest BCUT2D eigenvalue weighted by Gasteiger charge is 2.53. The maximum absolute atomic E-state index is 14.6. The van der Waals surface area contributed by atoms with Gasteiger partial charge in [0.2, 0.25) is 5.91 Å². The number of fused-ring (bicyclic) bond motifs is 7. The molecule has 3 atom stereocenters. The molecule has 1 saturated heterocycles. The van der Waals surface area contributed by atoms with Crippen molar-refractivity contribution >= 4 is 12.0 Å². The van der Waals surface area contributed by atoms with Gasteiger partial charge in [0.25, 0.3) is 0 Å². The summed E-state index contributed by atoms with van der Waals surface area (Å²) in [6.45, 7) is 4.42. The van der Waals surface area contributed by atoms with E-state index < -0.39 is 18.1 Å². The van der Waals surface area contributed by atoms with E-state index in [0.717, 1.165) is 27.8 Å². The van der Waals surface area contributed by atoms with E-state index in [9.17, 15) is 15.0 Å². The van der Waals surface area contributed by atoms with Crippen LogP contribution < -0.4 is 14.2 Å². The second kappa shape index (κ2) is 12.6. The third-order valence-corrected chi connectivity index (χ3v) is 9.88. The van der Waals surface area contributed by atoms with Crippen molar-refractivity contribution in [2.45, 2.75) is 51.6 Å². The van der Waals surface area contributed by atoms with Crippen LogP contribution in [0.25, 0.3) is 6.08 Å². The molecule has 0 aliphatic carbocycles. The number of aromatic hydroxyl groups is 2. The first-order valence-electron chi connectivity index (χ1n) is 16.1. The normalized spacial score (nSPS) is 19.6. The van der Waals surface area contributed by atoms with Crippen LogP contribution in [0.1, 0.15) is 56.6 Å². The molecule has 9 nitrogen and oxygen atoms in total. The van der Waals surface area contributed by atoms with Crippen LogP contribution in [0, 0.1) is 13.8 Å². The number of hydrogen-bond acceptors (Lipinski definition) is 8. The third kappa shape index (κ3) is 5.05. The maximum Gasteiger partial charge on any atom is 0.245 e. The molecule has 248 valence electrons. The van der Waals surface area contributed by atoms with Gasteiger partial charge in [-0.25, -0.2) is 0 Å².